The van der Waals surface area contributed by atoms with Crippen LogP contribution >= 0.6 is 27.7 Å². The lowest BCUT2D eigenvalue weighted by atomic mass is 10.2. The molecule has 0 spiro atoms. The number of phenols is 1. The molecule has 9 heteroatoms. The van der Waals surface area contributed by atoms with Crippen molar-refractivity contribution in [1.82, 2.24) is 15.2 Å². The van der Waals surface area contributed by atoms with Crippen LogP contribution in [0.15, 0.2) is 33.0 Å². The van der Waals surface area contributed by atoms with Crippen molar-refractivity contribution in [2.24, 2.45) is 5.18 Å². The van der Waals surface area contributed by atoms with Crippen LogP contribution in [0.2, 0.25) is 0 Å². The molecule has 2 rings (SSSR count). The summed E-state index contributed by atoms with van der Waals surface area (Å²) < 4.78 is 0.784. The van der Waals surface area contributed by atoms with Gasteiger partial charge in [-0.25, -0.2) is 0 Å². The quantitative estimate of drug-likeness (QED) is 0.651. The van der Waals surface area contributed by atoms with Crippen LogP contribution in [0.25, 0.3) is 11.4 Å². The summed E-state index contributed by atoms with van der Waals surface area (Å²) in [7, 11) is 0. The Hall–Kier alpha value is -1.74. The van der Waals surface area contributed by atoms with Gasteiger partial charge in [-0.3, -0.25) is 4.79 Å². The normalized spacial score (nSPS) is 10.4. The fourth-order valence-electron chi connectivity index (χ4n) is 1.29. The van der Waals surface area contributed by atoms with Crippen molar-refractivity contribution >= 4 is 33.6 Å². The summed E-state index contributed by atoms with van der Waals surface area (Å²) in [5.74, 6) is -0.453. The van der Waals surface area contributed by atoms with Crippen LogP contribution in [0.3, 0.4) is 0 Å². The smallest absolute Gasteiger partial charge is 0.296 e. The van der Waals surface area contributed by atoms with E-state index >= 15 is 0 Å². The number of rotatable bonds is 4. The predicted octanol–water partition coefficient (Wildman–Crippen LogP) is 2.32. The van der Waals surface area contributed by atoms with Gasteiger partial charge in [0.1, 0.15) is 5.75 Å². The van der Waals surface area contributed by atoms with Crippen LogP contribution < -0.4 is 0 Å². The van der Waals surface area contributed by atoms with E-state index in [1.54, 1.807) is 12.1 Å². The highest BCUT2D eigenvalue weighted by molar-refractivity contribution is 9.10. The summed E-state index contributed by atoms with van der Waals surface area (Å²) in [6.07, 6.45) is 0. The number of carbonyl (C=O) groups excluding carboxylic acids is 1. The standard InChI is InChI=1S/C10H7BrN4O3S/c11-5-1-2-7(16)6(3-5)9-12-10(14-13-9)19-4-8(17)15-18/h1-3,16H,4H2,(H,12,13,14). The molecule has 2 N–H and O–H groups in total. The van der Waals surface area contributed by atoms with Gasteiger partial charge >= 0.3 is 0 Å². The molecule has 0 aliphatic carbocycles. The Morgan fingerprint density at radius 2 is 2.26 bits per heavy atom. The molecule has 0 unspecified atom stereocenters. The minimum atomic E-state index is -0.770. The van der Waals surface area contributed by atoms with Crippen LogP contribution in [0.4, 0.5) is 0 Å². The van der Waals surface area contributed by atoms with Gasteiger partial charge in [0.15, 0.2) is 11.0 Å². The summed E-state index contributed by atoms with van der Waals surface area (Å²) in [5.41, 5.74) is 0.480. The van der Waals surface area contributed by atoms with Crippen LogP contribution in [-0.2, 0) is 4.79 Å². The van der Waals surface area contributed by atoms with E-state index in [2.05, 4.69) is 36.3 Å². The number of hydrogen-bond acceptors (Lipinski definition) is 6. The number of nitrogens with one attached hydrogen (secondary N) is 1. The van der Waals surface area contributed by atoms with Gasteiger partial charge in [-0.15, -0.1) is 15.1 Å². The van der Waals surface area contributed by atoms with Crippen molar-refractivity contribution in [3.05, 3.63) is 27.6 Å². The van der Waals surface area contributed by atoms with Crippen LogP contribution in [0.1, 0.15) is 0 Å². The lowest BCUT2D eigenvalue weighted by molar-refractivity contribution is -0.115. The van der Waals surface area contributed by atoms with E-state index in [1.807, 2.05) is 0 Å². The SMILES string of the molecule is O=NC(=O)CSc1nnc(-c2cc(Br)ccc2O)[nH]1. The molecule has 1 heterocycles. The second-order valence-electron chi connectivity index (χ2n) is 3.41. The Morgan fingerprint density at radius 1 is 1.47 bits per heavy atom. The minimum absolute atomic E-state index is 0.0570. The monoisotopic (exact) mass is 342 g/mol. The van der Waals surface area contributed by atoms with E-state index in [4.69, 9.17) is 0 Å². The lowest BCUT2D eigenvalue weighted by Gasteiger charge is -2.00. The summed E-state index contributed by atoms with van der Waals surface area (Å²) in [6.45, 7) is 0. The molecule has 0 atom stereocenters. The molecule has 19 heavy (non-hydrogen) atoms. The molecule has 0 fully saturated rings. The van der Waals surface area contributed by atoms with Crippen LogP contribution in [0, 0.1) is 4.91 Å². The molecule has 98 valence electrons. The highest BCUT2D eigenvalue weighted by Crippen LogP contribution is 2.30. The first-order chi connectivity index (χ1) is 9.10. The molecule has 2 aromatic rings. The molecule has 0 radical (unpaired) electrons. The zero-order valence-electron chi connectivity index (χ0n) is 9.33. The fraction of sp³-hybridized carbons (Fsp3) is 0.100. The third-order valence-corrected chi connectivity index (χ3v) is 3.46. The average molecular weight is 343 g/mol. The second-order valence-corrected chi connectivity index (χ2v) is 5.29. The van der Waals surface area contributed by atoms with E-state index in [0.29, 0.717) is 16.5 Å². The molecule has 7 nitrogen and oxygen atoms in total. The highest BCUT2D eigenvalue weighted by Gasteiger charge is 2.12. The largest absolute Gasteiger partial charge is 0.507 e. The number of nitroso groups, excluding NO2 is 1. The van der Waals surface area contributed by atoms with E-state index in [0.717, 1.165) is 16.2 Å². The predicted molar refractivity (Wildman–Crippen MR) is 72.7 cm³/mol. The van der Waals surface area contributed by atoms with E-state index in [-0.39, 0.29) is 11.5 Å². The molecular formula is C10H7BrN4O3S. The van der Waals surface area contributed by atoms with E-state index in [1.165, 1.54) is 6.07 Å². The van der Waals surface area contributed by atoms with Gasteiger partial charge in [-0.2, -0.15) is 0 Å². The Bertz CT molecular complexity index is 631. The molecule has 0 aliphatic heterocycles. The number of H-pyrrole nitrogens is 1. The molecular weight excluding hydrogens is 336 g/mol. The van der Waals surface area contributed by atoms with Gasteiger partial charge in [-0.05, 0) is 18.2 Å². The third kappa shape index (κ3) is 3.38. The fourth-order valence-corrected chi connectivity index (χ4v) is 2.23. The van der Waals surface area contributed by atoms with Gasteiger partial charge in [0.2, 0.25) is 0 Å². The molecule has 0 bridgehead atoms. The molecule has 0 saturated heterocycles. The number of aromatic amines is 1. The lowest BCUT2D eigenvalue weighted by Crippen LogP contribution is -1.95. The molecule has 1 aromatic carbocycles. The number of phenolic OH excluding ortho intramolecular Hbond substituents is 1. The first-order valence-electron chi connectivity index (χ1n) is 5.00. The van der Waals surface area contributed by atoms with E-state index < -0.39 is 5.91 Å². The average Bonchev–Trinajstić information content (AvgIpc) is 2.87. The number of aromatic nitrogens is 3. The van der Waals surface area contributed by atoms with Gasteiger partial charge in [0.05, 0.1) is 11.3 Å². The summed E-state index contributed by atoms with van der Waals surface area (Å²) in [4.78, 5) is 23.5. The maximum Gasteiger partial charge on any atom is 0.296 e. The van der Waals surface area contributed by atoms with Crippen molar-refractivity contribution in [2.45, 2.75) is 5.16 Å². The molecule has 0 saturated carbocycles. The number of nitrogens with zero attached hydrogens (tertiary/aromatic N) is 3. The van der Waals surface area contributed by atoms with Crippen molar-refractivity contribution in [1.29, 1.82) is 0 Å². The zero-order chi connectivity index (χ0) is 13.8. The van der Waals surface area contributed by atoms with Crippen LogP contribution in [0.5, 0.6) is 5.75 Å². The molecule has 1 aromatic heterocycles. The Kier molecular flexibility index (Phi) is 4.27. The Balaban J connectivity index is 2.18. The van der Waals surface area contributed by atoms with Crippen molar-refractivity contribution in [3.63, 3.8) is 0 Å². The number of aromatic hydroxyl groups is 1. The molecule has 0 aliphatic rings. The topological polar surface area (TPSA) is 108 Å². The number of amides is 1. The zero-order valence-corrected chi connectivity index (χ0v) is 11.7. The summed E-state index contributed by atoms with van der Waals surface area (Å²) >= 11 is 4.30. The number of carbonyl (C=O) groups is 1. The van der Waals surface area contributed by atoms with Gasteiger partial charge in [0.25, 0.3) is 5.91 Å². The van der Waals surface area contributed by atoms with Gasteiger partial charge in [0, 0.05) is 9.65 Å². The first-order valence-corrected chi connectivity index (χ1v) is 6.78. The summed E-state index contributed by atoms with van der Waals surface area (Å²) in [5, 5.41) is 20.0. The van der Waals surface area contributed by atoms with E-state index in [9.17, 15) is 14.8 Å². The Labute approximate surface area is 119 Å². The van der Waals surface area contributed by atoms with Gasteiger partial charge < -0.3 is 10.1 Å². The maximum absolute atomic E-state index is 10.8. The molecule has 1 amide bonds. The highest BCUT2D eigenvalue weighted by atomic mass is 79.9. The first kappa shape index (κ1) is 13.7. The third-order valence-electron chi connectivity index (χ3n) is 2.11. The number of halogens is 1. The number of thioether (sulfide) groups is 1. The van der Waals surface area contributed by atoms with Crippen molar-refractivity contribution in [2.75, 3.05) is 5.75 Å². The number of benzene rings is 1. The van der Waals surface area contributed by atoms with Crippen molar-refractivity contribution in [3.8, 4) is 17.1 Å². The minimum Gasteiger partial charge on any atom is -0.507 e. The summed E-state index contributed by atoms with van der Waals surface area (Å²) in [6, 6.07) is 4.90. The maximum atomic E-state index is 10.8. The second kappa shape index (κ2) is 5.93. The number of hydrogen-bond donors (Lipinski definition) is 2. The van der Waals surface area contributed by atoms with Gasteiger partial charge in [-0.1, -0.05) is 27.7 Å². The van der Waals surface area contributed by atoms with Crippen molar-refractivity contribution < 1.29 is 9.90 Å². The van der Waals surface area contributed by atoms with Crippen LogP contribution in [-0.4, -0.2) is 31.9 Å². The Morgan fingerprint density at radius 3 is 3.00 bits per heavy atom.